The molecule has 0 aliphatic rings. The van der Waals surface area contributed by atoms with Crippen molar-refractivity contribution in [2.75, 3.05) is 19.5 Å². The number of nitrogens with zero attached hydrogens (tertiary/aromatic N) is 1. The molecule has 116 valence electrons. The summed E-state index contributed by atoms with van der Waals surface area (Å²) < 4.78 is 10.4. The van der Waals surface area contributed by atoms with Crippen LogP contribution in [0.25, 0.3) is 10.8 Å². The summed E-state index contributed by atoms with van der Waals surface area (Å²) in [7, 11) is 3.12. The highest BCUT2D eigenvalue weighted by Gasteiger charge is 2.13. The molecule has 0 saturated carbocycles. The monoisotopic (exact) mass is 308 g/mol. The summed E-state index contributed by atoms with van der Waals surface area (Å²) in [4.78, 5) is 16.8. The van der Waals surface area contributed by atoms with E-state index >= 15 is 0 Å². The highest BCUT2D eigenvalue weighted by molar-refractivity contribution is 6.11. The van der Waals surface area contributed by atoms with Gasteiger partial charge in [-0.1, -0.05) is 24.3 Å². The molecule has 0 atom stereocenters. The van der Waals surface area contributed by atoms with Crippen molar-refractivity contribution in [2.24, 2.45) is 0 Å². The number of aromatic nitrogens is 1. The molecule has 0 aliphatic heterocycles. The first-order chi connectivity index (χ1) is 11.2. The van der Waals surface area contributed by atoms with Gasteiger partial charge in [-0.05, 0) is 11.5 Å². The Morgan fingerprint density at radius 2 is 1.70 bits per heavy atom. The van der Waals surface area contributed by atoms with E-state index in [4.69, 9.17) is 9.47 Å². The van der Waals surface area contributed by atoms with Crippen molar-refractivity contribution in [2.45, 2.75) is 0 Å². The zero-order valence-corrected chi connectivity index (χ0v) is 12.9. The fourth-order valence-corrected chi connectivity index (χ4v) is 2.37. The van der Waals surface area contributed by atoms with Crippen LogP contribution < -0.4 is 14.8 Å². The smallest absolute Gasteiger partial charge is 0.274 e. The Kier molecular flexibility index (Phi) is 4.10. The van der Waals surface area contributed by atoms with Crippen LogP contribution in [0.2, 0.25) is 0 Å². The lowest BCUT2D eigenvalue weighted by atomic mass is 10.1. The van der Waals surface area contributed by atoms with Gasteiger partial charge < -0.3 is 14.8 Å². The minimum atomic E-state index is -0.280. The normalized spacial score (nSPS) is 10.3. The van der Waals surface area contributed by atoms with Crippen molar-refractivity contribution < 1.29 is 14.3 Å². The lowest BCUT2D eigenvalue weighted by molar-refractivity contribution is 0.102. The lowest BCUT2D eigenvalue weighted by Crippen LogP contribution is -2.14. The van der Waals surface area contributed by atoms with Crippen LogP contribution in [0.4, 0.5) is 5.69 Å². The molecule has 1 amide bonds. The molecule has 0 bridgehead atoms. The quantitative estimate of drug-likeness (QED) is 0.801. The van der Waals surface area contributed by atoms with Crippen molar-refractivity contribution in [3.05, 3.63) is 60.4 Å². The van der Waals surface area contributed by atoms with Gasteiger partial charge in [0.05, 0.1) is 14.2 Å². The average Bonchev–Trinajstić information content (AvgIpc) is 2.60. The molecule has 1 aromatic heterocycles. The Labute approximate surface area is 133 Å². The van der Waals surface area contributed by atoms with Crippen LogP contribution in [0, 0.1) is 0 Å². The number of hydrogen-bond acceptors (Lipinski definition) is 4. The first-order valence-electron chi connectivity index (χ1n) is 7.09. The standard InChI is InChI=1S/C18H16N2O3/c1-22-14-9-13(10-15(11-14)23-2)20-18(21)17-16-6-4-3-5-12(16)7-8-19-17/h3-11H,1-2H3,(H,20,21). The van der Waals surface area contributed by atoms with E-state index in [2.05, 4.69) is 10.3 Å². The summed E-state index contributed by atoms with van der Waals surface area (Å²) in [6.45, 7) is 0. The average molecular weight is 308 g/mol. The van der Waals surface area contributed by atoms with Gasteiger partial charge in [-0.3, -0.25) is 9.78 Å². The molecular weight excluding hydrogens is 292 g/mol. The predicted octanol–water partition coefficient (Wildman–Crippen LogP) is 3.50. The molecule has 5 heteroatoms. The van der Waals surface area contributed by atoms with Gasteiger partial charge in [0.2, 0.25) is 0 Å². The van der Waals surface area contributed by atoms with Crippen molar-refractivity contribution in [1.82, 2.24) is 4.98 Å². The second kappa shape index (κ2) is 6.36. The van der Waals surface area contributed by atoms with Crippen LogP contribution in [0.5, 0.6) is 11.5 Å². The third-order valence-electron chi connectivity index (χ3n) is 3.50. The molecule has 3 aromatic rings. The largest absolute Gasteiger partial charge is 0.497 e. The van der Waals surface area contributed by atoms with E-state index in [0.717, 1.165) is 10.8 Å². The molecule has 0 fully saturated rings. The van der Waals surface area contributed by atoms with Crippen molar-refractivity contribution in [3.8, 4) is 11.5 Å². The number of amides is 1. The maximum absolute atomic E-state index is 12.6. The number of hydrogen-bond donors (Lipinski definition) is 1. The molecule has 0 unspecified atom stereocenters. The van der Waals surface area contributed by atoms with Gasteiger partial charge in [0, 0.05) is 35.5 Å². The maximum atomic E-state index is 12.6. The number of nitrogens with one attached hydrogen (secondary N) is 1. The summed E-state index contributed by atoms with van der Waals surface area (Å²) in [5.41, 5.74) is 0.964. The number of rotatable bonds is 4. The van der Waals surface area contributed by atoms with Gasteiger partial charge in [-0.2, -0.15) is 0 Å². The van der Waals surface area contributed by atoms with E-state index in [1.54, 1.807) is 38.6 Å². The van der Waals surface area contributed by atoms with Crippen LogP contribution in [0.1, 0.15) is 10.5 Å². The summed E-state index contributed by atoms with van der Waals surface area (Å²) in [5, 5.41) is 4.61. The Balaban J connectivity index is 1.95. The minimum Gasteiger partial charge on any atom is -0.497 e. The van der Waals surface area contributed by atoms with E-state index in [0.29, 0.717) is 22.9 Å². The van der Waals surface area contributed by atoms with Gasteiger partial charge in [0.15, 0.2) is 0 Å². The second-order valence-corrected chi connectivity index (χ2v) is 4.94. The van der Waals surface area contributed by atoms with Crippen LogP contribution in [-0.4, -0.2) is 25.1 Å². The number of pyridine rings is 1. The van der Waals surface area contributed by atoms with Crippen LogP contribution in [0.15, 0.2) is 54.7 Å². The third-order valence-corrected chi connectivity index (χ3v) is 3.50. The number of ether oxygens (including phenoxy) is 2. The van der Waals surface area contributed by atoms with E-state index in [1.807, 2.05) is 30.3 Å². The fourth-order valence-electron chi connectivity index (χ4n) is 2.37. The number of benzene rings is 2. The predicted molar refractivity (Wildman–Crippen MR) is 89.2 cm³/mol. The van der Waals surface area contributed by atoms with Gasteiger partial charge >= 0.3 is 0 Å². The lowest BCUT2D eigenvalue weighted by Gasteiger charge is -2.10. The first-order valence-corrected chi connectivity index (χ1v) is 7.09. The molecule has 0 spiro atoms. The summed E-state index contributed by atoms with van der Waals surface area (Å²) >= 11 is 0. The topological polar surface area (TPSA) is 60.5 Å². The Morgan fingerprint density at radius 1 is 1.00 bits per heavy atom. The Bertz CT molecular complexity index is 834. The van der Waals surface area contributed by atoms with Crippen LogP contribution >= 0.6 is 0 Å². The molecule has 0 aliphatic carbocycles. The molecule has 0 saturated heterocycles. The summed E-state index contributed by atoms with van der Waals surface area (Å²) in [6, 6.07) is 14.7. The van der Waals surface area contributed by atoms with Gasteiger partial charge in [-0.15, -0.1) is 0 Å². The van der Waals surface area contributed by atoms with Crippen molar-refractivity contribution >= 4 is 22.4 Å². The molecule has 1 heterocycles. The maximum Gasteiger partial charge on any atom is 0.274 e. The van der Waals surface area contributed by atoms with Crippen LogP contribution in [-0.2, 0) is 0 Å². The number of carbonyl (C=O) groups is 1. The van der Waals surface area contributed by atoms with Gasteiger partial charge in [0.25, 0.3) is 5.91 Å². The highest BCUT2D eigenvalue weighted by atomic mass is 16.5. The zero-order chi connectivity index (χ0) is 16.2. The molecule has 1 N–H and O–H groups in total. The Hall–Kier alpha value is -3.08. The van der Waals surface area contributed by atoms with Gasteiger partial charge in [-0.25, -0.2) is 0 Å². The number of methoxy groups -OCH3 is 2. The van der Waals surface area contributed by atoms with E-state index < -0.39 is 0 Å². The summed E-state index contributed by atoms with van der Waals surface area (Å²) in [6.07, 6.45) is 1.63. The Morgan fingerprint density at radius 3 is 2.39 bits per heavy atom. The van der Waals surface area contributed by atoms with Crippen LogP contribution in [0.3, 0.4) is 0 Å². The SMILES string of the molecule is COc1cc(NC(=O)c2nccc3ccccc23)cc(OC)c1. The fraction of sp³-hybridized carbons (Fsp3) is 0.111. The van der Waals surface area contributed by atoms with Gasteiger partial charge in [0.1, 0.15) is 17.2 Å². The molecule has 3 rings (SSSR count). The number of carbonyl (C=O) groups excluding carboxylic acids is 1. The van der Waals surface area contributed by atoms with Crippen molar-refractivity contribution in [3.63, 3.8) is 0 Å². The zero-order valence-electron chi connectivity index (χ0n) is 12.9. The third kappa shape index (κ3) is 3.08. The second-order valence-electron chi connectivity index (χ2n) is 4.94. The molecular formula is C18H16N2O3. The highest BCUT2D eigenvalue weighted by Crippen LogP contribution is 2.26. The molecule has 0 radical (unpaired) electrons. The number of anilines is 1. The summed E-state index contributed by atoms with van der Waals surface area (Å²) in [5.74, 6) is 0.924. The van der Waals surface area contributed by atoms with E-state index in [-0.39, 0.29) is 5.91 Å². The van der Waals surface area contributed by atoms with E-state index in [1.165, 1.54) is 0 Å². The van der Waals surface area contributed by atoms with E-state index in [9.17, 15) is 4.79 Å². The molecule has 5 nitrogen and oxygen atoms in total. The molecule has 2 aromatic carbocycles. The number of fused-ring (bicyclic) bond motifs is 1. The molecule has 23 heavy (non-hydrogen) atoms. The van der Waals surface area contributed by atoms with Crippen molar-refractivity contribution in [1.29, 1.82) is 0 Å². The first kappa shape index (κ1) is 14.8. The minimum absolute atomic E-state index is 0.280.